The minimum Gasteiger partial charge on any atom is -0.444 e. The Morgan fingerprint density at radius 1 is 1.47 bits per heavy atom. The number of halogens is 1. The van der Waals surface area contributed by atoms with Crippen molar-refractivity contribution in [3.63, 3.8) is 0 Å². The Labute approximate surface area is 113 Å². The highest BCUT2D eigenvalue weighted by atomic mass is 32.3. The Kier molecular flexibility index (Phi) is 4.78. The lowest BCUT2D eigenvalue weighted by Crippen LogP contribution is -2.53. The molecule has 0 radical (unpaired) electrons. The lowest BCUT2D eigenvalue weighted by Gasteiger charge is -2.38. The van der Waals surface area contributed by atoms with Crippen molar-refractivity contribution >= 4 is 16.3 Å². The zero-order chi connectivity index (χ0) is 14.8. The molecule has 0 aromatic heterocycles. The van der Waals surface area contributed by atoms with E-state index in [-0.39, 0.29) is 19.2 Å². The lowest BCUT2D eigenvalue weighted by atomic mass is 10.2. The monoisotopic (exact) mass is 297 g/mol. The van der Waals surface area contributed by atoms with E-state index in [9.17, 15) is 17.1 Å². The predicted octanol–water partition coefficient (Wildman–Crippen LogP) is 1.31. The second-order valence-electron chi connectivity index (χ2n) is 5.64. The van der Waals surface area contributed by atoms with Crippen molar-refractivity contribution in [2.45, 2.75) is 45.4 Å². The molecule has 112 valence electrons. The van der Waals surface area contributed by atoms with Gasteiger partial charge in [-0.2, -0.15) is 8.42 Å². The highest BCUT2D eigenvalue weighted by Gasteiger charge is 2.34. The molecule has 0 aliphatic carbocycles. The maximum atomic E-state index is 12.6. The third kappa shape index (κ3) is 5.73. The normalized spacial score (nSPS) is 25.2. The second-order valence-corrected chi connectivity index (χ2v) is 7.05. The van der Waals surface area contributed by atoms with E-state index >= 15 is 0 Å². The summed E-state index contributed by atoms with van der Waals surface area (Å²) in [6.07, 6.45) is -1.41. The number of rotatable bonds is 2. The minimum atomic E-state index is -4.63. The van der Waals surface area contributed by atoms with E-state index in [1.54, 1.807) is 27.7 Å². The van der Waals surface area contributed by atoms with Crippen LogP contribution in [0.4, 0.5) is 8.68 Å². The Hall–Kier alpha value is -0.890. The maximum absolute atomic E-state index is 12.6. The fourth-order valence-corrected chi connectivity index (χ4v) is 2.36. The van der Waals surface area contributed by atoms with Gasteiger partial charge in [0.25, 0.3) is 0 Å². The van der Waals surface area contributed by atoms with Gasteiger partial charge in [0.1, 0.15) is 11.4 Å². The van der Waals surface area contributed by atoms with E-state index in [1.165, 1.54) is 4.90 Å². The van der Waals surface area contributed by atoms with Gasteiger partial charge in [-0.25, -0.2) is 4.79 Å². The number of morpholine rings is 1. The van der Waals surface area contributed by atoms with Crippen LogP contribution in [-0.4, -0.2) is 56.1 Å². The van der Waals surface area contributed by atoms with Crippen LogP contribution in [0, 0.1) is 0 Å². The van der Waals surface area contributed by atoms with Gasteiger partial charge in [0.05, 0.1) is 25.3 Å². The summed E-state index contributed by atoms with van der Waals surface area (Å²) in [4.78, 5) is 13.3. The summed E-state index contributed by atoms with van der Waals surface area (Å²) in [5.74, 6) is -0.751. The minimum absolute atomic E-state index is 0.000764. The smallest absolute Gasteiger partial charge is 0.410 e. The van der Waals surface area contributed by atoms with E-state index in [4.69, 9.17) is 9.47 Å². The lowest BCUT2D eigenvalue weighted by molar-refractivity contribution is -0.0578. The van der Waals surface area contributed by atoms with Crippen molar-refractivity contribution < 1.29 is 26.6 Å². The SMILES string of the molecule is CC1COC(CS(=O)(=O)F)CN1C(=O)OC(C)(C)C. The van der Waals surface area contributed by atoms with Crippen LogP contribution in [0.5, 0.6) is 0 Å². The fourth-order valence-electron chi connectivity index (χ4n) is 1.72. The zero-order valence-electron chi connectivity index (χ0n) is 11.6. The van der Waals surface area contributed by atoms with Crippen LogP contribution in [0.1, 0.15) is 27.7 Å². The summed E-state index contributed by atoms with van der Waals surface area (Å²) in [6.45, 7) is 7.11. The average molecular weight is 297 g/mol. The first-order chi connectivity index (χ1) is 8.48. The molecule has 2 atom stereocenters. The van der Waals surface area contributed by atoms with Crippen LogP contribution >= 0.6 is 0 Å². The van der Waals surface area contributed by atoms with E-state index in [0.717, 1.165) is 0 Å². The molecule has 1 amide bonds. The van der Waals surface area contributed by atoms with Crippen LogP contribution in [0.25, 0.3) is 0 Å². The molecule has 0 saturated carbocycles. The molecule has 0 N–H and O–H groups in total. The molecular formula is C11H20FNO5S. The third-order valence-corrected chi connectivity index (χ3v) is 3.29. The number of carbonyl (C=O) groups excluding carboxylic acids is 1. The van der Waals surface area contributed by atoms with Gasteiger partial charge in [-0.15, -0.1) is 3.89 Å². The summed E-state index contributed by atoms with van der Waals surface area (Å²) >= 11 is 0. The Balaban J connectivity index is 2.68. The highest BCUT2D eigenvalue weighted by molar-refractivity contribution is 7.86. The van der Waals surface area contributed by atoms with Crippen molar-refractivity contribution in [1.82, 2.24) is 4.90 Å². The Bertz CT molecular complexity index is 431. The molecule has 0 bridgehead atoms. The summed E-state index contributed by atoms with van der Waals surface area (Å²) in [5, 5.41) is 0. The van der Waals surface area contributed by atoms with Crippen LogP contribution in [0.2, 0.25) is 0 Å². The van der Waals surface area contributed by atoms with Crippen molar-refractivity contribution in [1.29, 1.82) is 0 Å². The molecular weight excluding hydrogens is 277 g/mol. The van der Waals surface area contributed by atoms with Gasteiger partial charge in [0, 0.05) is 0 Å². The molecule has 19 heavy (non-hydrogen) atoms. The summed E-state index contributed by atoms with van der Waals surface area (Å²) < 4.78 is 44.3. The number of ether oxygens (including phenoxy) is 2. The van der Waals surface area contributed by atoms with Gasteiger partial charge in [-0.1, -0.05) is 0 Å². The van der Waals surface area contributed by atoms with Gasteiger partial charge in [-0.05, 0) is 27.7 Å². The van der Waals surface area contributed by atoms with Gasteiger partial charge in [0.2, 0.25) is 0 Å². The average Bonchev–Trinajstić information content (AvgIpc) is 2.16. The molecule has 1 saturated heterocycles. The maximum Gasteiger partial charge on any atom is 0.410 e. The van der Waals surface area contributed by atoms with Crippen molar-refractivity contribution in [2.75, 3.05) is 18.9 Å². The largest absolute Gasteiger partial charge is 0.444 e. The van der Waals surface area contributed by atoms with Crippen molar-refractivity contribution in [3.8, 4) is 0 Å². The summed E-state index contributed by atoms with van der Waals surface area (Å²) in [5.41, 5.74) is -0.642. The van der Waals surface area contributed by atoms with Crippen LogP contribution in [-0.2, 0) is 19.7 Å². The van der Waals surface area contributed by atoms with E-state index in [0.29, 0.717) is 0 Å². The Morgan fingerprint density at radius 3 is 2.53 bits per heavy atom. The molecule has 1 heterocycles. The zero-order valence-corrected chi connectivity index (χ0v) is 12.4. The van der Waals surface area contributed by atoms with Crippen LogP contribution in [0.15, 0.2) is 0 Å². The molecule has 6 nitrogen and oxygen atoms in total. The molecule has 1 fully saturated rings. The number of hydrogen-bond donors (Lipinski definition) is 0. The van der Waals surface area contributed by atoms with Crippen molar-refractivity contribution in [2.24, 2.45) is 0 Å². The third-order valence-electron chi connectivity index (χ3n) is 2.52. The van der Waals surface area contributed by atoms with Crippen LogP contribution < -0.4 is 0 Å². The van der Waals surface area contributed by atoms with E-state index < -0.39 is 33.8 Å². The van der Waals surface area contributed by atoms with Gasteiger partial charge in [0.15, 0.2) is 0 Å². The number of amides is 1. The highest BCUT2D eigenvalue weighted by Crippen LogP contribution is 2.18. The molecule has 2 unspecified atom stereocenters. The fraction of sp³-hybridized carbons (Fsp3) is 0.909. The second kappa shape index (κ2) is 5.62. The van der Waals surface area contributed by atoms with Gasteiger partial charge < -0.3 is 14.4 Å². The molecule has 8 heteroatoms. The summed E-state index contributed by atoms with van der Waals surface area (Å²) in [6, 6.07) is -0.242. The number of nitrogens with zero attached hydrogens (tertiary/aromatic N) is 1. The van der Waals surface area contributed by atoms with Gasteiger partial charge >= 0.3 is 16.3 Å². The number of carbonyl (C=O) groups is 1. The molecule has 0 aromatic carbocycles. The number of hydrogen-bond acceptors (Lipinski definition) is 5. The molecule has 1 rings (SSSR count). The first-order valence-electron chi connectivity index (χ1n) is 6.01. The van der Waals surface area contributed by atoms with Crippen molar-refractivity contribution in [3.05, 3.63) is 0 Å². The molecule has 0 spiro atoms. The first kappa shape index (κ1) is 16.2. The topological polar surface area (TPSA) is 72.9 Å². The first-order valence-corrected chi connectivity index (χ1v) is 7.57. The molecule has 1 aliphatic heterocycles. The van der Waals surface area contributed by atoms with E-state index in [2.05, 4.69) is 0 Å². The standard InChI is InChI=1S/C11H20FNO5S/c1-8-6-17-9(7-19(12,15)16)5-13(8)10(14)18-11(2,3)4/h8-9H,5-7H2,1-4H3. The quantitative estimate of drug-likeness (QED) is 0.719. The molecule has 0 aromatic rings. The summed E-state index contributed by atoms with van der Waals surface area (Å²) in [7, 11) is -4.63. The molecule has 1 aliphatic rings. The van der Waals surface area contributed by atoms with Crippen LogP contribution in [0.3, 0.4) is 0 Å². The van der Waals surface area contributed by atoms with E-state index in [1.807, 2.05) is 0 Å². The Morgan fingerprint density at radius 2 is 2.05 bits per heavy atom. The van der Waals surface area contributed by atoms with Gasteiger partial charge in [-0.3, -0.25) is 0 Å². The predicted molar refractivity (Wildman–Crippen MR) is 67.0 cm³/mol.